The molecule has 0 aliphatic heterocycles. The molecule has 0 heterocycles. The minimum Gasteiger partial charge on any atom is -0.467 e. The molecule has 2 rings (SSSR count). The zero-order chi connectivity index (χ0) is 24.5. The minimum absolute atomic E-state index is 0.122. The number of non-ortho nitro benzene ring substituents is 1. The summed E-state index contributed by atoms with van der Waals surface area (Å²) in [4.78, 5) is 58.9. The molecular weight excluding hydrogens is 438 g/mol. The summed E-state index contributed by atoms with van der Waals surface area (Å²) in [6.45, 7) is 0. The molecule has 2 N–H and O–H groups in total. The Labute approximate surface area is 188 Å². The Kier molecular flexibility index (Phi) is 8.57. The zero-order valence-electron chi connectivity index (χ0n) is 17.9. The van der Waals surface area contributed by atoms with Crippen molar-refractivity contribution in [3.8, 4) is 0 Å². The van der Waals surface area contributed by atoms with Crippen LogP contribution in [0, 0.1) is 10.1 Å². The molecule has 2 amide bonds. The number of anilines is 1. The molecule has 12 heteroatoms. The van der Waals surface area contributed by atoms with Crippen LogP contribution in [0.25, 0.3) is 0 Å². The quantitative estimate of drug-likeness (QED) is 0.320. The van der Waals surface area contributed by atoms with Crippen LogP contribution in [0.4, 0.5) is 11.4 Å². The van der Waals surface area contributed by atoms with Crippen LogP contribution in [0.1, 0.15) is 20.7 Å². The number of nitrogens with zero attached hydrogens (tertiary/aromatic N) is 1. The third-order valence-corrected chi connectivity index (χ3v) is 4.48. The van der Waals surface area contributed by atoms with E-state index in [1.165, 1.54) is 55.6 Å². The number of rotatable bonds is 9. The molecule has 2 atom stereocenters. The maximum absolute atomic E-state index is 12.6. The van der Waals surface area contributed by atoms with Crippen molar-refractivity contribution >= 4 is 35.1 Å². The van der Waals surface area contributed by atoms with Gasteiger partial charge >= 0.3 is 11.9 Å². The van der Waals surface area contributed by atoms with Crippen molar-refractivity contribution in [1.29, 1.82) is 0 Å². The molecule has 2 aromatic rings. The summed E-state index contributed by atoms with van der Waals surface area (Å²) < 4.78 is 14.2. The van der Waals surface area contributed by atoms with Crippen molar-refractivity contribution in [3.05, 3.63) is 69.8 Å². The number of esters is 2. The first kappa shape index (κ1) is 24.9. The fourth-order valence-corrected chi connectivity index (χ4v) is 2.74. The van der Waals surface area contributed by atoms with E-state index >= 15 is 0 Å². The van der Waals surface area contributed by atoms with Gasteiger partial charge in [-0.1, -0.05) is 0 Å². The maximum Gasteiger partial charge on any atom is 0.337 e. The molecule has 0 aliphatic rings. The lowest BCUT2D eigenvalue weighted by atomic mass is 10.1. The van der Waals surface area contributed by atoms with E-state index in [0.717, 1.165) is 14.2 Å². The molecule has 0 bridgehead atoms. The summed E-state index contributed by atoms with van der Waals surface area (Å²) in [5.74, 6) is -3.00. The van der Waals surface area contributed by atoms with Crippen LogP contribution in [0.2, 0.25) is 0 Å². The molecule has 0 aromatic heterocycles. The number of nitro groups is 1. The van der Waals surface area contributed by atoms with Gasteiger partial charge in [-0.2, -0.15) is 0 Å². The highest BCUT2D eigenvalue weighted by Gasteiger charge is 2.37. The van der Waals surface area contributed by atoms with Crippen molar-refractivity contribution in [3.63, 3.8) is 0 Å². The lowest BCUT2D eigenvalue weighted by Gasteiger charge is -2.23. The number of ether oxygens (including phenoxy) is 3. The van der Waals surface area contributed by atoms with E-state index in [-0.39, 0.29) is 16.8 Å². The first-order chi connectivity index (χ1) is 15.7. The van der Waals surface area contributed by atoms with E-state index in [1.807, 2.05) is 0 Å². The number of hydrogen-bond donors (Lipinski definition) is 2. The van der Waals surface area contributed by atoms with Gasteiger partial charge in [-0.3, -0.25) is 19.7 Å². The van der Waals surface area contributed by atoms with Crippen LogP contribution in [-0.4, -0.2) is 62.2 Å². The topological polar surface area (TPSA) is 163 Å². The molecule has 0 saturated carbocycles. The van der Waals surface area contributed by atoms with Crippen LogP contribution in [0.15, 0.2) is 48.5 Å². The van der Waals surface area contributed by atoms with Crippen LogP contribution in [0.5, 0.6) is 0 Å². The molecule has 174 valence electrons. The normalized spacial score (nSPS) is 12.1. The van der Waals surface area contributed by atoms with Gasteiger partial charge in [-0.15, -0.1) is 0 Å². The van der Waals surface area contributed by atoms with Crippen LogP contribution < -0.4 is 10.6 Å². The monoisotopic (exact) mass is 459 g/mol. The molecule has 0 fully saturated rings. The van der Waals surface area contributed by atoms with E-state index in [9.17, 15) is 29.3 Å². The largest absolute Gasteiger partial charge is 0.467 e. The van der Waals surface area contributed by atoms with E-state index in [4.69, 9.17) is 4.74 Å². The van der Waals surface area contributed by atoms with Crippen molar-refractivity contribution in [1.82, 2.24) is 5.32 Å². The average molecular weight is 459 g/mol. The zero-order valence-corrected chi connectivity index (χ0v) is 17.9. The number of carbonyl (C=O) groups is 4. The van der Waals surface area contributed by atoms with E-state index in [2.05, 4.69) is 20.1 Å². The second-order valence-corrected chi connectivity index (χ2v) is 6.49. The highest BCUT2D eigenvalue weighted by molar-refractivity contribution is 6.05. The smallest absolute Gasteiger partial charge is 0.337 e. The lowest BCUT2D eigenvalue weighted by Crippen LogP contribution is -2.53. The Bertz CT molecular complexity index is 1040. The van der Waals surface area contributed by atoms with Gasteiger partial charge < -0.3 is 24.8 Å². The number of nitro benzene ring substituents is 1. The van der Waals surface area contributed by atoms with E-state index in [0.29, 0.717) is 5.69 Å². The molecular formula is C21H21N3O9. The first-order valence-electron chi connectivity index (χ1n) is 9.37. The number of carbonyl (C=O) groups excluding carboxylic acids is 4. The summed E-state index contributed by atoms with van der Waals surface area (Å²) in [7, 11) is 3.37. The molecule has 0 aliphatic carbocycles. The van der Waals surface area contributed by atoms with Gasteiger partial charge in [0.05, 0.1) is 19.1 Å². The van der Waals surface area contributed by atoms with Gasteiger partial charge in [-0.05, 0) is 36.4 Å². The van der Waals surface area contributed by atoms with Gasteiger partial charge in [0, 0.05) is 36.1 Å². The SMILES string of the molecule is COC(=O)[C@@H](NC(=O)c1ccc(NC(=O)c2ccc([N+](=O)[O-])cc2)cc1)[C@H](OC)C(=O)OC. The van der Waals surface area contributed by atoms with Crippen LogP contribution >= 0.6 is 0 Å². The summed E-state index contributed by atoms with van der Waals surface area (Å²) in [5.41, 5.74) is 0.535. The lowest BCUT2D eigenvalue weighted by molar-refractivity contribution is -0.384. The predicted octanol–water partition coefficient (Wildman–Crippen LogP) is 1.31. The fourth-order valence-electron chi connectivity index (χ4n) is 2.74. The van der Waals surface area contributed by atoms with Crippen molar-refractivity contribution in [2.24, 2.45) is 0 Å². The van der Waals surface area contributed by atoms with Gasteiger partial charge in [-0.25, -0.2) is 9.59 Å². The second kappa shape index (κ2) is 11.3. The predicted molar refractivity (Wildman–Crippen MR) is 114 cm³/mol. The second-order valence-electron chi connectivity index (χ2n) is 6.49. The van der Waals surface area contributed by atoms with Crippen LogP contribution in [-0.2, 0) is 23.8 Å². The number of amides is 2. The van der Waals surface area contributed by atoms with Gasteiger partial charge in [0.25, 0.3) is 17.5 Å². The third kappa shape index (κ3) is 6.33. The highest BCUT2D eigenvalue weighted by atomic mass is 16.6. The molecule has 0 spiro atoms. The average Bonchev–Trinajstić information content (AvgIpc) is 2.83. The Hall–Kier alpha value is -4.32. The summed E-state index contributed by atoms with van der Waals surface area (Å²) in [5, 5.41) is 15.7. The molecule has 0 saturated heterocycles. The van der Waals surface area contributed by atoms with Crippen LogP contribution in [0.3, 0.4) is 0 Å². The van der Waals surface area contributed by atoms with Gasteiger partial charge in [0.15, 0.2) is 12.1 Å². The minimum atomic E-state index is -1.46. The summed E-state index contributed by atoms with van der Waals surface area (Å²) in [6.07, 6.45) is -1.42. The Morgan fingerprint density at radius 2 is 1.33 bits per heavy atom. The summed E-state index contributed by atoms with van der Waals surface area (Å²) in [6, 6.07) is 9.25. The first-order valence-corrected chi connectivity index (χ1v) is 9.37. The van der Waals surface area contributed by atoms with Crippen molar-refractivity contribution in [2.75, 3.05) is 26.6 Å². The summed E-state index contributed by atoms with van der Waals surface area (Å²) >= 11 is 0. The molecule has 0 radical (unpaired) electrons. The van der Waals surface area contributed by atoms with Crippen molar-refractivity contribution < 1.29 is 38.3 Å². The molecule has 12 nitrogen and oxygen atoms in total. The molecule has 0 unspecified atom stereocenters. The standard InChI is InChI=1S/C21H21N3O9/c1-31-17(21(28)33-3)16(20(27)32-2)23-19(26)12-4-8-14(9-5-12)22-18(25)13-6-10-15(11-7-13)24(29)30/h4-11,16-17H,1-3H3,(H,22,25)(H,23,26)/t16-,17-/m0/s1. The number of hydrogen-bond acceptors (Lipinski definition) is 9. The Morgan fingerprint density at radius 1 is 0.818 bits per heavy atom. The fraction of sp³-hybridized carbons (Fsp3) is 0.238. The van der Waals surface area contributed by atoms with E-state index in [1.54, 1.807) is 0 Å². The van der Waals surface area contributed by atoms with Crippen molar-refractivity contribution in [2.45, 2.75) is 12.1 Å². The van der Waals surface area contributed by atoms with Gasteiger partial charge in [0.1, 0.15) is 0 Å². The number of benzene rings is 2. The maximum atomic E-state index is 12.6. The third-order valence-electron chi connectivity index (χ3n) is 4.48. The number of methoxy groups -OCH3 is 3. The number of nitrogens with one attached hydrogen (secondary N) is 2. The highest BCUT2D eigenvalue weighted by Crippen LogP contribution is 2.15. The Morgan fingerprint density at radius 3 is 1.82 bits per heavy atom. The molecule has 2 aromatic carbocycles. The van der Waals surface area contributed by atoms with Gasteiger partial charge in [0.2, 0.25) is 0 Å². The van der Waals surface area contributed by atoms with E-state index < -0.39 is 40.8 Å². The Balaban J connectivity index is 2.10. The molecule has 33 heavy (non-hydrogen) atoms.